The highest BCUT2D eigenvalue weighted by Gasteiger charge is 2.06. The molecule has 1 atom stereocenters. The number of allylic oxidation sites excluding steroid dienone is 1. The van der Waals surface area contributed by atoms with Crippen LogP contribution in [-0.4, -0.2) is 4.01 Å². The number of halogens is 1. The fraction of sp³-hybridized carbons (Fsp3) is 0.182. The molecule has 12 heavy (non-hydrogen) atoms. The molecule has 0 saturated carbocycles. The summed E-state index contributed by atoms with van der Waals surface area (Å²) >= 11 is 0.290. The first-order chi connectivity index (χ1) is 5.97. The molecular formula is C11H11I. The van der Waals surface area contributed by atoms with Crippen molar-refractivity contribution in [3.63, 3.8) is 0 Å². The van der Waals surface area contributed by atoms with Crippen molar-refractivity contribution in [2.75, 3.05) is 0 Å². The molecule has 1 unspecified atom stereocenters. The predicted octanol–water partition coefficient (Wildman–Crippen LogP) is 3.46. The zero-order valence-corrected chi connectivity index (χ0v) is 8.94. The van der Waals surface area contributed by atoms with Crippen LogP contribution in [0, 0.1) is 0 Å². The lowest BCUT2D eigenvalue weighted by molar-refractivity contribution is 0.912. The van der Waals surface area contributed by atoms with Crippen LogP contribution in [0.2, 0.25) is 0 Å². The Hall–Kier alpha value is -0.440. The van der Waals surface area contributed by atoms with E-state index in [2.05, 4.69) is 44.5 Å². The highest BCUT2D eigenvalue weighted by Crippen LogP contribution is 2.25. The van der Waals surface area contributed by atoms with E-state index in [1.165, 1.54) is 12.0 Å². The second-order valence-corrected chi connectivity index (χ2v) is 5.17. The van der Waals surface area contributed by atoms with Gasteiger partial charge in [-0.3, -0.25) is 0 Å². The van der Waals surface area contributed by atoms with Crippen molar-refractivity contribution < 1.29 is 0 Å². The van der Waals surface area contributed by atoms with Gasteiger partial charge in [0.15, 0.2) is 0 Å². The fourth-order valence-corrected chi connectivity index (χ4v) is 3.23. The quantitative estimate of drug-likeness (QED) is 0.685. The summed E-state index contributed by atoms with van der Waals surface area (Å²) in [5.74, 6) is 0.652. The van der Waals surface area contributed by atoms with Crippen LogP contribution in [0.25, 0.3) is 0 Å². The summed E-state index contributed by atoms with van der Waals surface area (Å²) in [5, 5.41) is 0. The zero-order valence-electron chi connectivity index (χ0n) is 6.78. The SMILES string of the molecule is C1=CC(c2ccccc2)CC=I1. The smallest absolute Gasteiger partial charge is 0.00642 e. The third kappa shape index (κ3) is 1.83. The first kappa shape index (κ1) is 8.17. The predicted molar refractivity (Wildman–Crippen MR) is 63.0 cm³/mol. The van der Waals surface area contributed by atoms with Crippen LogP contribution < -0.4 is 0 Å². The van der Waals surface area contributed by atoms with Crippen molar-refractivity contribution in [1.82, 2.24) is 0 Å². The van der Waals surface area contributed by atoms with Crippen LogP contribution in [-0.2, 0) is 0 Å². The van der Waals surface area contributed by atoms with E-state index in [4.69, 9.17) is 0 Å². The van der Waals surface area contributed by atoms with E-state index in [9.17, 15) is 0 Å². The molecule has 0 aliphatic carbocycles. The van der Waals surface area contributed by atoms with Crippen molar-refractivity contribution in [2.45, 2.75) is 12.3 Å². The molecule has 1 heterocycles. The first-order valence-electron chi connectivity index (χ1n) is 4.12. The van der Waals surface area contributed by atoms with E-state index >= 15 is 0 Å². The van der Waals surface area contributed by atoms with E-state index in [0.29, 0.717) is 26.6 Å². The van der Waals surface area contributed by atoms with Crippen LogP contribution in [0.5, 0.6) is 0 Å². The van der Waals surface area contributed by atoms with Crippen molar-refractivity contribution in [3.8, 4) is 0 Å². The van der Waals surface area contributed by atoms with Gasteiger partial charge in [-0.15, -0.1) is 0 Å². The van der Waals surface area contributed by atoms with Crippen molar-refractivity contribution in [1.29, 1.82) is 0 Å². The van der Waals surface area contributed by atoms with Crippen molar-refractivity contribution in [2.24, 2.45) is 0 Å². The normalized spacial score (nSPS) is 21.8. The van der Waals surface area contributed by atoms with E-state index in [1.807, 2.05) is 0 Å². The van der Waals surface area contributed by atoms with Crippen LogP contribution in [0.1, 0.15) is 17.9 Å². The maximum absolute atomic E-state index is 2.45. The standard InChI is InChI=1S/C11H11I/c1-2-4-10(5-3-1)11-6-8-12-9-7-11/h1-6,8-9,11H,7H2. The molecule has 0 fully saturated rings. The van der Waals surface area contributed by atoms with Gasteiger partial charge < -0.3 is 0 Å². The molecular weight excluding hydrogens is 259 g/mol. The molecule has 0 aromatic heterocycles. The maximum Gasteiger partial charge on any atom is 0.00642 e. The minimum Gasteiger partial charge on any atom is -0.0985 e. The van der Waals surface area contributed by atoms with Crippen LogP contribution in [0.15, 0.2) is 40.5 Å². The molecule has 0 nitrogen and oxygen atoms in total. The molecule has 0 amide bonds. The average molecular weight is 270 g/mol. The molecule has 0 spiro atoms. The van der Waals surface area contributed by atoms with E-state index in [0.717, 1.165) is 0 Å². The second-order valence-electron chi connectivity index (χ2n) is 2.85. The lowest BCUT2D eigenvalue weighted by atomic mass is 9.97. The van der Waals surface area contributed by atoms with Gasteiger partial charge in [0.1, 0.15) is 0 Å². The van der Waals surface area contributed by atoms with Gasteiger partial charge >= 0.3 is 0 Å². The summed E-state index contributed by atoms with van der Waals surface area (Å²) in [6.07, 6.45) is 3.61. The highest BCUT2D eigenvalue weighted by molar-refractivity contribution is 14.2. The fourth-order valence-electron chi connectivity index (χ4n) is 1.35. The Bertz CT molecular complexity index is 298. The minimum atomic E-state index is 0.290. The van der Waals surface area contributed by atoms with Crippen molar-refractivity contribution in [3.05, 3.63) is 46.1 Å². The molecule has 0 radical (unpaired) electrons. The van der Waals surface area contributed by atoms with Gasteiger partial charge in [-0.1, -0.05) is 61.2 Å². The summed E-state index contributed by atoms with van der Waals surface area (Å²) in [5.41, 5.74) is 1.45. The van der Waals surface area contributed by atoms with Gasteiger partial charge in [-0.05, 0) is 16.1 Å². The molecule has 1 aliphatic heterocycles. The van der Waals surface area contributed by atoms with Crippen LogP contribution >= 0.6 is 20.7 Å². The average Bonchev–Trinajstić information content (AvgIpc) is 2.21. The largest absolute Gasteiger partial charge is 0.0985 e. The Balaban J connectivity index is 2.21. The first-order valence-corrected chi connectivity index (χ1v) is 6.61. The van der Waals surface area contributed by atoms with Crippen molar-refractivity contribution >= 4 is 24.7 Å². The van der Waals surface area contributed by atoms with Crippen LogP contribution in [0.4, 0.5) is 0 Å². The zero-order chi connectivity index (χ0) is 8.23. The Morgan fingerprint density at radius 3 is 2.67 bits per heavy atom. The van der Waals surface area contributed by atoms with E-state index < -0.39 is 0 Å². The molecule has 0 N–H and O–H groups in total. The lowest BCUT2D eigenvalue weighted by Crippen LogP contribution is -1.96. The molecule has 1 aromatic rings. The molecule has 1 aliphatic rings. The summed E-state index contributed by atoms with van der Waals surface area (Å²) in [6.45, 7) is 0. The summed E-state index contributed by atoms with van der Waals surface area (Å²) in [7, 11) is 0. The second kappa shape index (κ2) is 3.99. The van der Waals surface area contributed by atoms with E-state index in [1.54, 1.807) is 0 Å². The van der Waals surface area contributed by atoms with Crippen LogP contribution in [0.3, 0.4) is 0 Å². The molecule has 62 valence electrons. The Morgan fingerprint density at radius 2 is 2.00 bits per heavy atom. The molecule has 0 bridgehead atoms. The third-order valence-electron chi connectivity index (χ3n) is 2.04. The van der Waals surface area contributed by atoms with Gasteiger partial charge in [0, 0.05) is 5.92 Å². The molecule has 0 saturated heterocycles. The Labute approximate surface area is 83.1 Å². The summed E-state index contributed by atoms with van der Waals surface area (Å²) in [6, 6.07) is 10.7. The monoisotopic (exact) mass is 270 g/mol. The Morgan fingerprint density at radius 1 is 1.17 bits per heavy atom. The van der Waals surface area contributed by atoms with Gasteiger partial charge in [0.2, 0.25) is 0 Å². The van der Waals surface area contributed by atoms with Gasteiger partial charge in [0.05, 0.1) is 0 Å². The highest BCUT2D eigenvalue weighted by atomic mass is 127. The molecule has 1 aromatic carbocycles. The van der Waals surface area contributed by atoms with E-state index in [-0.39, 0.29) is 0 Å². The minimum absolute atomic E-state index is 0.290. The number of rotatable bonds is 1. The van der Waals surface area contributed by atoms with Gasteiger partial charge in [0.25, 0.3) is 0 Å². The third-order valence-corrected chi connectivity index (χ3v) is 3.89. The topological polar surface area (TPSA) is 0 Å². The lowest BCUT2D eigenvalue weighted by Gasteiger charge is -2.11. The summed E-state index contributed by atoms with van der Waals surface area (Å²) in [4.78, 5) is 0. The van der Waals surface area contributed by atoms with Gasteiger partial charge in [-0.25, -0.2) is 0 Å². The Kier molecular flexibility index (Phi) is 2.71. The molecule has 1 heteroatoms. The molecule has 2 rings (SSSR count). The number of benzene rings is 1. The summed E-state index contributed by atoms with van der Waals surface area (Å²) < 4.78 is 4.82. The van der Waals surface area contributed by atoms with Gasteiger partial charge in [-0.2, -0.15) is 0 Å². The number of hydrogen-bond acceptors (Lipinski definition) is 0. The number of hydrogen-bond donors (Lipinski definition) is 0. The maximum atomic E-state index is 2.45.